The van der Waals surface area contributed by atoms with Gasteiger partial charge in [0.2, 0.25) is 0 Å². The number of carbonyl (C=O) groups is 1. The fourth-order valence-electron chi connectivity index (χ4n) is 1.86. The van der Waals surface area contributed by atoms with Crippen molar-refractivity contribution in [2.75, 3.05) is 6.61 Å². The number of hydrogen-bond donors (Lipinski definition) is 0. The van der Waals surface area contributed by atoms with Gasteiger partial charge in [-0.25, -0.2) is 0 Å². The smallest absolute Gasteiger partial charge is 0.166 e. The molecule has 3 nitrogen and oxygen atoms in total. The van der Waals surface area contributed by atoms with E-state index in [9.17, 15) is 4.79 Å². The molecule has 0 aliphatic rings. The van der Waals surface area contributed by atoms with E-state index in [0.717, 1.165) is 23.4 Å². The first-order valence-electron chi connectivity index (χ1n) is 5.63. The molecule has 0 radical (unpaired) electrons. The molecule has 0 aliphatic carbocycles. The number of nitrogens with zero attached hydrogens (tertiary/aromatic N) is 1. The van der Waals surface area contributed by atoms with Gasteiger partial charge in [0, 0.05) is 11.4 Å². The van der Waals surface area contributed by atoms with Crippen LogP contribution >= 0.6 is 0 Å². The maximum Gasteiger partial charge on any atom is 0.166 e. The van der Waals surface area contributed by atoms with E-state index < -0.39 is 0 Å². The van der Waals surface area contributed by atoms with Gasteiger partial charge >= 0.3 is 0 Å². The predicted molar refractivity (Wildman–Crippen MR) is 67.1 cm³/mol. The average Bonchev–Trinajstić information content (AvgIpc) is 2.72. The molecule has 2 rings (SSSR count). The normalized spacial score (nSPS) is 10.2. The van der Waals surface area contributed by atoms with Gasteiger partial charge in [0.15, 0.2) is 6.29 Å². The molecule has 0 aliphatic heterocycles. The molecule has 0 N–H and O–H groups in total. The molecule has 0 bridgehead atoms. The summed E-state index contributed by atoms with van der Waals surface area (Å²) in [6.07, 6.45) is 0.865. The van der Waals surface area contributed by atoms with Crippen LogP contribution in [0.2, 0.25) is 0 Å². The Hall–Kier alpha value is -2.03. The van der Waals surface area contributed by atoms with E-state index in [-0.39, 0.29) is 0 Å². The third-order valence-electron chi connectivity index (χ3n) is 2.63. The number of aryl methyl sites for hydroxylation is 1. The zero-order chi connectivity index (χ0) is 12.3. The Kier molecular flexibility index (Phi) is 3.28. The molecule has 17 heavy (non-hydrogen) atoms. The van der Waals surface area contributed by atoms with E-state index in [2.05, 4.69) is 0 Å². The second kappa shape index (κ2) is 4.87. The van der Waals surface area contributed by atoms with Crippen molar-refractivity contribution < 1.29 is 9.53 Å². The average molecular weight is 229 g/mol. The fraction of sp³-hybridized carbons (Fsp3) is 0.214. The van der Waals surface area contributed by atoms with E-state index >= 15 is 0 Å². The molecule has 2 aromatic rings. The lowest BCUT2D eigenvalue weighted by Gasteiger charge is -2.09. The first-order chi connectivity index (χ1) is 8.26. The Morgan fingerprint density at radius 3 is 2.47 bits per heavy atom. The first-order valence-corrected chi connectivity index (χ1v) is 5.63. The van der Waals surface area contributed by atoms with Crippen LogP contribution < -0.4 is 4.74 Å². The summed E-state index contributed by atoms with van der Waals surface area (Å²) in [5.41, 5.74) is 2.67. The van der Waals surface area contributed by atoms with Crippen LogP contribution in [-0.2, 0) is 0 Å². The number of aldehydes is 1. The van der Waals surface area contributed by atoms with Crippen LogP contribution in [0.3, 0.4) is 0 Å². The molecule has 1 aromatic heterocycles. The number of hydrogen-bond acceptors (Lipinski definition) is 2. The van der Waals surface area contributed by atoms with Gasteiger partial charge < -0.3 is 9.30 Å². The van der Waals surface area contributed by atoms with Crippen molar-refractivity contribution in [2.45, 2.75) is 13.8 Å². The molecule has 1 aromatic carbocycles. The molecule has 0 amide bonds. The highest BCUT2D eigenvalue weighted by Gasteiger charge is 2.06. The summed E-state index contributed by atoms with van der Waals surface area (Å²) < 4.78 is 7.31. The molecule has 0 spiro atoms. The topological polar surface area (TPSA) is 31.2 Å². The largest absolute Gasteiger partial charge is 0.494 e. The van der Waals surface area contributed by atoms with Crippen molar-refractivity contribution >= 4 is 6.29 Å². The lowest BCUT2D eigenvalue weighted by Crippen LogP contribution is -2.01. The lowest BCUT2D eigenvalue weighted by molar-refractivity contribution is 0.111. The Morgan fingerprint density at radius 2 is 1.88 bits per heavy atom. The number of aromatic nitrogens is 1. The number of ether oxygens (including phenoxy) is 1. The Bertz CT molecular complexity index is 512. The van der Waals surface area contributed by atoms with Crippen molar-refractivity contribution in [3.05, 3.63) is 47.8 Å². The molecule has 0 saturated heterocycles. The van der Waals surface area contributed by atoms with Gasteiger partial charge in [-0.1, -0.05) is 0 Å². The highest BCUT2D eigenvalue weighted by molar-refractivity contribution is 5.74. The quantitative estimate of drug-likeness (QED) is 0.755. The zero-order valence-corrected chi connectivity index (χ0v) is 10.0. The number of rotatable bonds is 4. The standard InChI is InChI=1S/C14H15NO2/c1-3-17-14-8-6-12(7-9-14)15-11(2)4-5-13(15)10-16/h4-10H,3H2,1-2H3. The summed E-state index contributed by atoms with van der Waals surface area (Å²) in [5, 5.41) is 0. The molecule has 3 heteroatoms. The molecule has 0 atom stereocenters. The van der Waals surface area contributed by atoms with Crippen LogP contribution in [0.15, 0.2) is 36.4 Å². The molecule has 0 saturated carbocycles. The molecule has 0 fully saturated rings. The maximum absolute atomic E-state index is 10.9. The van der Waals surface area contributed by atoms with Gasteiger partial charge in [0.1, 0.15) is 5.75 Å². The summed E-state index contributed by atoms with van der Waals surface area (Å²) in [6, 6.07) is 11.5. The van der Waals surface area contributed by atoms with Crippen LogP contribution in [0.1, 0.15) is 23.1 Å². The van der Waals surface area contributed by atoms with Crippen molar-refractivity contribution in [1.29, 1.82) is 0 Å². The second-order valence-electron chi connectivity index (χ2n) is 3.78. The second-order valence-corrected chi connectivity index (χ2v) is 3.78. The highest BCUT2D eigenvalue weighted by atomic mass is 16.5. The maximum atomic E-state index is 10.9. The van der Waals surface area contributed by atoms with Crippen molar-refractivity contribution in [3.63, 3.8) is 0 Å². The summed E-state index contributed by atoms with van der Waals surface area (Å²) in [6.45, 7) is 4.58. The summed E-state index contributed by atoms with van der Waals surface area (Å²) in [7, 11) is 0. The zero-order valence-electron chi connectivity index (χ0n) is 10.0. The molecular formula is C14H15NO2. The molecule has 88 valence electrons. The van der Waals surface area contributed by atoms with Gasteiger partial charge in [-0.3, -0.25) is 4.79 Å². The Morgan fingerprint density at radius 1 is 1.18 bits per heavy atom. The van der Waals surface area contributed by atoms with Gasteiger partial charge in [-0.05, 0) is 50.2 Å². The van der Waals surface area contributed by atoms with Crippen molar-refractivity contribution in [2.24, 2.45) is 0 Å². The third kappa shape index (κ3) is 2.23. The fourth-order valence-corrected chi connectivity index (χ4v) is 1.86. The van der Waals surface area contributed by atoms with Gasteiger partial charge in [-0.15, -0.1) is 0 Å². The summed E-state index contributed by atoms with van der Waals surface area (Å²) in [4.78, 5) is 10.9. The monoisotopic (exact) mass is 229 g/mol. The van der Waals surface area contributed by atoms with Crippen LogP contribution in [0.25, 0.3) is 5.69 Å². The highest BCUT2D eigenvalue weighted by Crippen LogP contribution is 2.19. The third-order valence-corrected chi connectivity index (χ3v) is 2.63. The Balaban J connectivity index is 2.39. The number of carbonyl (C=O) groups excluding carboxylic acids is 1. The van der Waals surface area contributed by atoms with E-state index in [1.165, 1.54) is 0 Å². The van der Waals surface area contributed by atoms with Crippen LogP contribution in [0.5, 0.6) is 5.75 Å². The Labute approximate surface area is 101 Å². The first kappa shape index (κ1) is 11.5. The van der Waals surface area contributed by atoms with Gasteiger partial charge in [-0.2, -0.15) is 0 Å². The predicted octanol–water partition coefficient (Wildman–Crippen LogP) is 3.00. The van der Waals surface area contributed by atoms with Gasteiger partial charge in [0.25, 0.3) is 0 Å². The van der Waals surface area contributed by atoms with E-state index in [4.69, 9.17) is 4.74 Å². The van der Waals surface area contributed by atoms with Gasteiger partial charge in [0.05, 0.1) is 12.3 Å². The minimum absolute atomic E-state index is 0.654. The van der Waals surface area contributed by atoms with E-state index in [1.807, 2.05) is 54.8 Å². The van der Waals surface area contributed by atoms with Crippen LogP contribution in [0, 0.1) is 6.92 Å². The summed E-state index contributed by atoms with van der Waals surface area (Å²) in [5.74, 6) is 0.841. The van der Waals surface area contributed by atoms with E-state index in [0.29, 0.717) is 12.3 Å². The molecule has 1 heterocycles. The lowest BCUT2D eigenvalue weighted by atomic mass is 10.3. The molecule has 0 unspecified atom stereocenters. The molecular weight excluding hydrogens is 214 g/mol. The number of benzene rings is 1. The summed E-state index contributed by atoms with van der Waals surface area (Å²) >= 11 is 0. The minimum atomic E-state index is 0.654. The van der Waals surface area contributed by atoms with Crippen molar-refractivity contribution in [3.8, 4) is 11.4 Å². The minimum Gasteiger partial charge on any atom is -0.494 e. The van der Waals surface area contributed by atoms with E-state index in [1.54, 1.807) is 0 Å². The van der Waals surface area contributed by atoms with Crippen molar-refractivity contribution in [1.82, 2.24) is 4.57 Å². The van der Waals surface area contributed by atoms with Crippen LogP contribution in [-0.4, -0.2) is 17.5 Å². The SMILES string of the molecule is CCOc1ccc(-n2c(C)ccc2C=O)cc1. The van der Waals surface area contributed by atoms with Crippen LogP contribution in [0.4, 0.5) is 0 Å².